The summed E-state index contributed by atoms with van der Waals surface area (Å²) >= 11 is 0. The highest BCUT2D eigenvalue weighted by atomic mass is 16.5. The van der Waals surface area contributed by atoms with E-state index in [0.717, 1.165) is 12.1 Å². The van der Waals surface area contributed by atoms with Crippen molar-refractivity contribution in [3.8, 4) is 17.2 Å². The third kappa shape index (κ3) is 5.15. The number of hydrogen-bond donors (Lipinski definition) is 0. The van der Waals surface area contributed by atoms with Crippen LogP contribution in [0.4, 0.5) is 0 Å². The summed E-state index contributed by atoms with van der Waals surface area (Å²) in [6.45, 7) is 0.832. The van der Waals surface area contributed by atoms with Crippen molar-refractivity contribution < 1.29 is 19.0 Å². The third-order valence-corrected chi connectivity index (χ3v) is 4.74. The van der Waals surface area contributed by atoms with Gasteiger partial charge in [-0.15, -0.1) is 0 Å². The summed E-state index contributed by atoms with van der Waals surface area (Å²) in [6.07, 6.45) is 9.74. The molecule has 1 aliphatic rings. The first kappa shape index (κ1) is 19.2. The smallest absolute Gasteiger partial charge is 0.246 e. The van der Waals surface area contributed by atoms with Gasteiger partial charge in [0.05, 0.1) is 21.3 Å². The fraction of sp³-hybridized carbons (Fsp3) is 0.550. The normalized spacial score (nSPS) is 15.2. The first-order chi connectivity index (χ1) is 12.1. The number of hydrogen-bond acceptors (Lipinski definition) is 4. The van der Waals surface area contributed by atoms with Gasteiger partial charge in [-0.05, 0) is 42.5 Å². The molecule has 0 radical (unpaired) electrons. The Morgan fingerprint density at radius 1 is 1.08 bits per heavy atom. The van der Waals surface area contributed by atoms with Gasteiger partial charge in [0.2, 0.25) is 11.7 Å². The monoisotopic (exact) mass is 347 g/mol. The Morgan fingerprint density at radius 2 is 1.68 bits per heavy atom. The molecule has 5 nitrogen and oxygen atoms in total. The maximum atomic E-state index is 12.4. The van der Waals surface area contributed by atoms with Crippen molar-refractivity contribution in [2.45, 2.75) is 32.1 Å². The zero-order valence-corrected chi connectivity index (χ0v) is 15.7. The van der Waals surface area contributed by atoms with E-state index in [1.807, 2.05) is 24.1 Å². The van der Waals surface area contributed by atoms with Gasteiger partial charge in [-0.25, -0.2) is 0 Å². The van der Waals surface area contributed by atoms with E-state index in [1.165, 1.54) is 32.1 Å². The number of likely N-dealkylation sites (N-methyl/N-ethyl adjacent to an activating group) is 1. The largest absolute Gasteiger partial charge is 0.493 e. The predicted octanol–water partition coefficient (Wildman–Crippen LogP) is 3.76. The highest BCUT2D eigenvalue weighted by molar-refractivity contribution is 5.91. The van der Waals surface area contributed by atoms with Crippen LogP contribution in [0.15, 0.2) is 18.2 Å². The van der Waals surface area contributed by atoms with Crippen LogP contribution in [0.3, 0.4) is 0 Å². The van der Waals surface area contributed by atoms with Crippen molar-refractivity contribution in [2.75, 3.05) is 34.9 Å². The van der Waals surface area contributed by atoms with E-state index in [1.54, 1.807) is 33.5 Å². The van der Waals surface area contributed by atoms with Gasteiger partial charge in [0, 0.05) is 19.7 Å². The van der Waals surface area contributed by atoms with Crippen LogP contribution in [-0.2, 0) is 4.79 Å². The summed E-state index contributed by atoms with van der Waals surface area (Å²) in [4.78, 5) is 14.2. The minimum absolute atomic E-state index is 0.0133. The highest BCUT2D eigenvalue weighted by Gasteiger charge is 2.17. The van der Waals surface area contributed by atoms with Gasteiger partial charge < -0.3 is 19.1 Å². The molecule has 0 aliphatic heterocycles. The zero-order chi connectivity index (χ0) is 18.2. The van der Waals surface area contributed by atoms with Gasteiger partial charge in [-0.3, -0.25) is 4.79 Å². The van der Waals surface area contributed by atoms with Gasteiger partial charge in [-0.2, -0.15) is 0 Å². The molecule has 0 aromatic heterocycles. The van der Waals surface area contributed by atoms with E-state index in [-0.39, 0.29) is 5.91 Å². The van der Waals surface area contributed by atoms with Crippen LogP contribution >= 0.6 is 0 Å². The highest BCUT2D eigenvalue weighted by Crippen LogP contribution is 2.38. The molecule has 0 spiro atoms. The molecule has 2 rings (SSSR count). The molecule has 25 heavy (non-hydrogen) atoms. The molecule has 0 bridgehead atoms. The number of rotatable bonds is 7. The zero-order valence-electron chi connectivity index (χ0n) is 15.7. The molecular weight excluding hydrogens is 318 g/mol. The van der Waals surface area contributed by atoms with Crippen molar-refractivity contribution in [1.82, 2.24) is 4.90 Å². The van der Waals surface area contributed by atoms with Crippen LogP contribution in [0.2, 0.25) is 0 Å². The average Bonchev–Trinajstić information content (AvgIpc) is 2.65. The van der Waals surface area contributed by atoms with Crippen LogP contribution in [0.5, 0.6) is 17.2 Å². The summed E-state index contributed by atoms with van der Waals surface area (Å²) in [7, 11) is 6.60. The maximum absolute atomic E-state index is 12.4. The fourth-order valence-corrected chi connectivity index (χ4v) is 3.34. The van der Waals surface area contributed by atoms with Crippen molar-refractivity contribution >= 4 is 12.0 Å². The fourth-order valence-electron chi connectivity index (χ4n) is 3.34. The van der Waals surface area contributed by atoms with Crippen LogP contribution < -0.4 is 14.2 Å². The van der Waals surface area contributed by atoms with Crippen molar-refractivity contribution in [2.24, 2.45) is 5.92 Å². The second-order valence-corrected chi connectivity index (χ2v) is 6.51. The van der Waals surface area contributed by atoms with Gasteiger partial charge in [0.15, 0.2) is 11.5 Å². The average molecular weight is 347 g/mol. The Hall–Kier alpha value is -2.17. The van der Waals surface area contributed by atoms with E-state index in [2.05, 4.69) is 0 Å². The van der Waals surface area contributed by atoms with Crippen molar-refractivity contribution in [3.05, 3.63) is 23.8 Å². The molecule has 0 unspecified atom stereocenters. The summed E-state index contributed by atoms with van der Waals surface area (Å²) in [6, 6.07) is 3.65. The number of amides is 1. The molecule has 1 aromatic carbocycles. The number of carbonyl (C=O) groups is 1. The molecule has 1 aliphatic carbocycles. The van der Waals surface area contributed by atoms with Crippen LogP contribution in [0.25, 0.3) is 6.08 Å². The second kappa shape index (κ2) is 9.35. The number of ether oxygens (including phenoxy) is 3. The summed E-state index contributed by atoms with van der Waals surface area (Å²) in [5.74, 6) is 2.34. The number of nitrogens with zero attached hydrogens (tertiary/aromatic N) is 1. The molecule has 5 heteroatoms. The van der Waals surface area contributed by atoms with Gasteiger partial charge >= 0.3 is 0 Å². The van der Waals surface area contributed by atoms with Gasteiger partial charge in [0.1, 0.15) is 0 Å². The van der Waals surface area contributed by atoms with E-state index in [0.29, 0.717) is 23.2 Å². The first-order valence-electron chi connectivity index (χ1n) is 8.82. The van der Waals surface area contributed by atoms with E-state index in [9.17, 15) is 4.79 Å². The minimum atomic E-state index is 0.0133. The van der Waals surface area contributed by atoms with E-state index >= 15 is 0 Å². The molecule has 0 N–H and O–H groups in total. The third-order valence-electron chi connectivity index (χ3n) is 4.74. The lowest BCUT2D eigenvalue weighted by Gasteiger charge is -2.26. The topological polar surface area (TPSA) is 48.0 Å². The van der Waals surface area contributed by atoms with Crippen molar-refractivity contribution in [1.29, 1.82) is 0 Å². The Kier molecular flexibility index (Phi) is 7.16. The number of methoxy groups -OCH3 is 3. The van der Waals surface area contributed by atoms with Crippen molar-refractivity contribution in [3.63, 3.8) is 0 Å². The molecule has 0 heterocycles. The second-order valence-electron chi connectivity index (χ2n) is 6.51. The Labute approximate surface area is 150 Å². The molecule has 1 saturated carbocycles. The lowest BCUT2D eigenvalue weighted by Crippen LogP contribution is -2.31. The molecule has 0 saturated heterocycles. The summed E-state index contributed by atoms with van der Waals surface area (Å²) in [5, 5.41) is 0. The Balaban J connectivity index is 2.05. The first-order valence-corrected chi connectivity index (χ1v) is 8.82. The molecule has 1 amide bonds. The summed E-state index contributed by atoms with van der Waals surface area (Å²) in [5.41, 5.74) is 0.828. The lowest BCUT2D eigenvalue weighted by molar-refractivity contribution is -0.125. The molecule has 138 valence electrons. The number of benzene rings is 1. The van der Waals surface area contributed by atoms with Crippen LogP contribution in [-0.4, -0.2) is 45.7 Å². The van der Waals surface area contributed by atoms with E-state index < -0.39 is 0 Å². The molecule has 1 aromatic rings. The standard InChI is InChI=1S/C20H29NO4/c1-21(14-15-8-6-5-7-9-15)19(22)11-10-16-12-17(23-2)20(25-4)18(13-16)24-3/h10-13,15H,5-9,14H2,1-4H3. The summed E-state index contributed by atoms with van der Waals surface area (Å²) < 4.78 is 16.0. The van der Waals surface area contributed by atoms with Gasteiger partial charge in [0.25, 0.3) is 0 Å². The quantitative estimate of drug-likeness (QED) is 0.705. The van der Waals surface area contributed by atoms with Crippen LogP contribution in [0.1, 0.15) is 37.7 Å². The molecule has 1 fully saturated rings. The van der Waals surface area contributed by atoms with Gasteiger partial charge in [-0.1, -0.05) is 19.3 Å². The SMILES string of the molecule is COc1cc(C=CC(=O)N(C)CC2CCCCC2)cc(OC)c1OC. The maximum Gasteiger partial charge on any atom is 0.246 e. The molecular formula is C20H29NO4. The lowest BCUT2D eigenvalue weighted by atomic mass is 9.89. The Morgan fingerprint density at radius 3 is 2.20 bits per heavy atom. The Bertz CT molecular complexity index is 581. The molecule has 0 atom stereocenters. The minimum Gasteiger partial charge on any atom is -0.493 e. The van der Waals surface area contributed by atoms with E-state index in [4.69, 9.17) is 14.2 Å². The number of carbonyl (C=O) groups excluding carboxylic acids is 1. The predicted molar refractivity (Wildman–Crippen MR) is 99.3 cm³/mol. The van der Waals surface area contributed by atoms with Crippen LogP contribution in [0, 0.1) is 5.92 Å².